The molecule has 0 saturated heterocycles. The van der Waals surface area contributed by atoms with Crippen LogP contribution in [0.3, 0.4) is 0 Å². The summed E-state index contributed by atoms with van der Waals surface area (Å²) >= 11 is 0. The lowest BCUT2D eigenvalue weighted by Gasteiger charge is -1.90. The van der Waals surface area contributed by atoms with Crippen LogP contribution in [0.25, 0.3) is 0 Å². The van der Waals surface area contributed by atoms with E-state index in [2.05, 4.69) is 0 Å². The van der Waals surface area contributed by atoms with Crippen molar-refractivity contribution in [1.29, 1.82) is 0 Å². The van der Waals surface area contributed by atoms with Gasteiger partial charge in [0.2, 0.25) is 0 Å². The Morgan fingerprint density at radius 2 is 2.14 bits per heavy atom. The van der Waals surface area contributed by atoms with Gasteiger partial charge in [-0.25, -0.2) is 0 Å². The highest BCUT2D eigenvalue weighted by Gasteiger charge is 2.19. The van der Waals surface area contributed by atoms with Crippen LogP contribution in [0.4, 0.5) is 0 Å². The first-order valence-electron chi connectivity index (χ1n) is 2.66. The van der Waals surface area contributed by atoms with Crippen molar-refractivity contribution in [1.82, 2.24) is 0 Å². The van der Waals surface area contributed by atoms with Gasteiger partial charge in [0.15, 0.2) is 0 Å². The van der Waals surface area contributed by atoms with Crippen molar-refractivity contribution in [3.63, 3.8) is 0 Å². The van der Waals surface area contributed by atoms with Crippen LogP contribution in [-0.2, 0) is 4.79 Å². The Morgan fingerprint density at radius 1 is 1.43 bits per heavy atom. The Balaban J connectivity index is 2.48. The molecule has 0 aromatic heterocycles. The minimum atomic E-state index is 0.375. The molecule has 7 heavy (non-hydrogen) atoms. The fraction of sp³-hybridized carbons (Fsp3) is 0.667. The van der Waals surface area contributed by atoms with E-state index in [9.17, 15) is 4.79 Å². The third kappa shape index (κ3) is 0.817. The minimum Gasteiger partial charge on any atom is -0.299 e. The van der Waals surface area contributed by atoms with Gasteiger partial charge in [-0.15, -0.1) is 0 Å². The molecule has 0 aromatic carbocycles. The van der Waals surface area contributed by atoms with E-state index in [-0.39, 0.29) is 0 Å². The first-order chi connectivity index (χ1) is 3.30. The van der Waals surface area contributed by atoms with Crippen LogP contribution in [0.5, 0.6) is 0 Å². The Kier molecular flexibility index (Phi) is 1.13. The summed E-state index contributed by atoms with van der Waals surface area (Å²) in [5.41, 5.74) is 0. The molecule has 0 aliphatic heterocycles. The fourth-order valence-corrected chi connectivity index (χ4v) is 0.867. The van der Waals surface area contributed by atoms with E-state index >= 15 is 0 Å². The molecule has 0 bridgehead atoms. The molecule has 1 heteroatoms. The SMILES string of the molecule is C[C]1CCCC1=O. The molecule has 1 aliphatic rings. The molecule has 0 spiro atoms. The van der Waals surface area contributed by atoms with E-state index in [0.29, 0.717) is 5.78 Å². The maximum atomic E-state index is 10.5. The van der Waals surface area contributed by atoms with Crippen molar-refractivity contribution < 1.29 is 4.79 Å². The predicted octanol–water partition coefficient (Wildman–Crippen LogP) is 1.33. The highest BCUT2D eigenvalue weighted by molar-refractivity contribution is 5.93. The highest BCUT2D eigenvalue weighted by Crippen LogP contribution is 2.21. The number of carbonyl (C=O) groups is 1. The summed E-state index contributed by atoms with van der Waals surface area (Å²) in [5, 5.41) is 0. The van der Waals surface area contributed by atoms with Crippen molar-refractivity contribution >= 4 is 5.78 Å². The Bertz CT molecular complexity index is 86.2. The molecule has 1 radical (unpaired) electrons. The molecular weight excluding hydrogens is 88.1 g/mol. The lowest BCUT2D eigenvalue weighted by molar-refractivity contribution is -0.115. The van der Waals surface area contributed by atoms with E-state index in [0.717, 1.165) is 25.2 Å². The van der Waals surface area contributed by atoms with Crippen LogP contribution in [0.2, 0.25) is 0 Å². The maximum Gasteiger partial charge on any atom is 0.139 e. The van der Waals surface area contributed by atoms with Gasteiger partial charge in [0, 0.05) is 12.3 Å². The van der Waals surface area contributed by atoms with Crippen LogP contribution >= 0.6 is 0 Å². The second-order valence-electron chi connectivity index (χ2n) is 2.06. The second kappa shape index (κ2) is 1.65. The summed E-state index contributed by atoms with van der Waals surface area (Å²) < 4.78 is 0. The van der Waals surface area contributed by atoms with Crippen LogP contribution < -0.4 is 0 Å². The van der Waals surface area contributed by atoms with E-state index in [1.165, 1.54) is 0 Å². The molecule has 0 unspecified atom stereocenters. The van der Waals surface area contributed by atoms with E-state index in [1.54, 1.807) is 0 Å². The van der Waals surface area contributed by atoms with Gasteiger partial charge in [-0.1, -0.05) is 6.92 Å². The predicted molar refractivity (Wildman–Crippen MR) is 27.8 cm³/mol. The van der Waals surface area contributed by atoms with Crippen molar-refractivity contribution in [2.75, 3.05) is 0 Å². The van der Waals surface area contributed by atoms with Gasteiger partial charge in [0.05, 0.1) is 0 Å². The van der Waals surface area contributed by atoms with Crippen LogP contribution in [0.1, 0.15) is 26.2 Å². The molecule has 1 rings (SSSR count). The molecular formula is C6H9O. The smallest absolute Gasteiger partial charge is 0.139 e. The van der Waals surface area contributed by atoms with E-state index in [4.69, 9.17) is 0 Å². The first kappa shape index (κ1) is 4.82. The van der Waals surface area contributed by atoms with E-state index < -0.39 is 0 Å². The normalized spacial score (nSPS) is 23.9. The van der Waals surface area contributed by atoms with Gasteiger partial charge < -0.3 is 0 Å². The summed E-state index contributed by atoms with van der Waals surface area (Å²) in [4.78, 5) is 10.5. The molecule has 1 fully saturated rings. The quantitative estimate of drug-likeness (QED) is 0.445. The molecule has 0 amide bonds. The summed E-state index contributed by atoms with van der Waals surface area (Å²) in [6.07, 6.45) is 2.93. The maximum absolute atomic E-state index is 10.5. The molecule has 1 aliphatic carbocycles. The van der Waals surface area contributed by atoms with E-state index in [1.807, 2.05) is 6.92 Å². The molecule has 0 N–H and O–H groups in total. The summed E-state index contributed by atoms with van der Waals surface area (Å²) in [7, 11) is 0. The average molecular weight is 97.1 g/mol. The third-order valence-corrected chi connectivity index (χ3v) is 1.43. The minimum absolute atomic E-state index is 0.375. The Morgan fingerprint density at radius 3 is 2.29 bits per heavy atom. The van der Waals surface area contributed by atoms with Gasteiger partial charge in [-0.2, -0.15) is 0 Å². The number of hydrogen-bond acceptors (Lipinski definition) is 1. The fourth-order valence-electron chi connectivity index (χ4n) is 0.867. The molecule has 0 atom stereocenters. The first-order valence-corrected chi connectivity index (χ1v) is 2.66. The van der Waals surface area contributed by atoms with Gasteiger partial charge in [-0.3, -0.25) is 4.79 Å². The van der Waals surface area contributed by atoms with Crippen LogP contribution in [0.15, 0.2) is 0 Å². The van der Waals surface area contributed by atoms with Crippen LogP contribution in [0, 0.1) is 5.92 Å². The zero-order chi connectivity index (χ0) is 5.28. The van der Waals surface area contributed by atoms with Gasteiger partial charge in [0.1, 0.15) is 5.78 Å². The lowest BCUT2D eigenvalue weighted by Crippen LogP contribution is -1.95. The summed E-state index contributed by atoms with van der Waals surface area (Å²) in [6, 6.07) is 0. The molecule has 1 saturated carbocycles. The molecule has 39 valence electrons. The zero-order valence-electron chi connectivity index (χ0n) is 4.53. The standard InChI is InChI=1S/C6H9O/c1-5-3-2-4-6(5)7/h2-4H2,1H3. The summed E-state index contributed by atoms with van der Waals surface area (Å²) in [5.74, 6) is 1.44. The lowest BCUT2D eigenvalue weighted by atomic mass is 10.1. The number of ketones is 1. The van der Waals surface area contributed by atoms with Crippen molar-refractivity contribution in [3.8, 4) is 0 Å². The topological polar surface area (TPSA) is 17.1 Å². The number of carbonyl (C=O) groups excluding carboxylic acids is 1. The van der Waals surface area contributed by atoms with Crippen molar-refractivity contribution in [2.24, 2.45) is 0 Å². The van der Waals surface area contributed by atoms with Gasteiger partial charge >= 0.3 is 0 Å². The van der Waals surface area contributed by atoms with Gasteiger partial charge in [0.25, 0.3) is 0 Å². The highest BCUT2D eigenvalue weighted by atomic mass is 16.1. The van der Waals surface area contributed by atoms with Crippen molar-refractivity contribution in [2.45, 2.75) is 26.2 Å². The summed E-state index contributed by atoms with van der Waals surface area (Å²) in [6.45, 7) is 1.93. The number of rotatable bonds is 0. The Labute approximate surface area is 43.7 Å². The zero-order valence-corrected chi connectivity index (χ0v) is 4.53. The third-order valence-electron chi connectivity index (χ3n) is 1.43. The Hall–Kier alpha value is -0.330. The number of Topliss-reactive ketones (excluding diaryl/α,β-unsaturated/α-hetero) is 1. The van der Waals surface area contributed by atoms with Gasteiger partial charge in [-0.05, 0) is 12.8 Å². The molecule has 1 nitrogen and oxygen atoms in total. The largest absolute Gasteiger partial charge is 0.299 e. The second-order valence-corrected chi connectivity index (χ2v) is 2.06. The average Bonchev–Trinajstić information content (AvgIpc) is 1.91. The molecule has 0 heterocycles. The van der Waals surface area contributed by atoms with Crippen LogP contribution in [-0.4, -0.2) is 5.78 Å². The monoisotopic (exact) mass is 97.1 g/mol. The molecule has 0 aromatic rings. The van der Waals surface area contributed by atoms with Crippen molar-refractivity contribution in [3.05, 3.63) is 5.92 Å². The number of hydrogen-bond donors (Lipinski definition) is 0.